The number of rotatable bonds is 6. The first-order valence-corrected chi connectivity index (χ1v) is 5.56. The number of carboxylic acids is 1. The van der Waals surface area contributed by atoms with Crippen molar-refractivity contribution < 1.29 is 9.90 Å². The maximum Gasteiger partial charge on any atom is 0.303 e. The largest absolute Gasteiger partial charge is 0.481 e. The third kappa shape index (κ3) is 3.38. The number of aliphatic carboxylic acids is 1. The smallest absolute Gasteiger partial charge is 0.303 e. The number of hydrogen-bond acceptors (Lipinski definition) is 2. The molecule has 0 aliphatic carbocycles. The molecule has 4 nitrogen and oxygen atoms in total. The van der Waals surface area contributed by atoms with Crippen LogP contribution in [0.5, 0.6) is 0 Å². The van der Waals surface area contributed by atoms with Crippen LogP contribution in [0.2, 0.25) is 0 Å². The number of carboxylic acid groups (broad SMARTS) is 1. The number of aryl methyl sites for hydroxylation is 1. The summed E-state index contributed by atoms with van der Waals surface area (Å²) < 4.78 is 2.16. The summed E-state index contributed by atoms with van der Waals surface area (Å²) in [7, 11) is 2.05. The molecule has 0 aromatic carbocycles. The Labute approximate surface area is 96.3 Å². The molecule has 16 heavy (non-hydrogen) atoms. The first kappa shape index (κ1) is 12.8. The highest BCUT2D eigenvalue weighted by molar-refractivity contribution is 5.66. The summed E-state index contributed by atoms with van der Waals surface area (Å²) in [6, 6.07) is 2.17. The number of nitrogens with one attached hydrogen (secondary N) is 1. The van der Waals surface area contributed by atoms with Crippen molar-refractivity contribution in [2.75, 3.05) is 6.54 Å². The summed E-state index contributed by atoms with van der Waals surface area (Å²) in [6.07, 6.45) is 0.917. The fourth-order valence-corrected chi connectivity index (χ4v) is 1.70. The summed E-state index contributed by atoms with van der Waals surface area (Å²) in [6.45, 7) is 5.75. The molecule has 1 rings (SSSR count). The van der Waals surface area contributed by atoms with Gasteiger partial charge in [0.1, 0.15) is 0 Å². The average molecular weight is 224 g/mol. The van der Waals surface area contributed by atoms with Gasteiger partial charge in [0.2, 0.25) is 0 Å². The highest BCUT2D eigenvalue weighted by Crippen LogP contribution is 2.12. The second-order valence-corrected chi connectivity index (χ2v) is 4.13. The lowest BCUT2D eigenvalue weighted by Gasteiger charge is -2.04. The predicted molar refractivity (Wildman–Crippen MR) is 63.5 cm³/mol. The van der Waals surface area contributed by atoms with Gasteiger partial charge in [-0.25, -0.2) is 0 Å². The molecule has 0 aliphatic rings. The van der Waals surface area contributed by atoms with Gasteiger partial charge in [0.05, 0.1) is 0 Å². The molecule has 0 atom stereocenters. The van der Waals surface area contributed by atoms with Crippen LogP contribution >= 0.6 is 0 Å². The minimum Gasteiger partial charge on any atom is -0.481 e. The normalized spacial score (nSPS) is 10.7. The van der Waals surface area contributed by atoms with Crippen molar-refractivity contribution >= 4 is 5.97 Å². The van der Waals surface area contributed by atoms with Crippen LogP contribution in [0.3, 0.4) is 0 Å². The van der Waals surface area contributed by atoms with E-state index in [-0.39, 0.29) is 6.42 Å². The van der Waals surface area contributed by atoms with Crippen LogP contribution in [-0.2, 0) is 18.4 Å². The molecule has 90 valence electrons. The Morgan fingerprint density at radius 2 is 2.19 bits per heavy atom. The van der Waals surface area contributed by atoms with Gasteiger partial charge in [0, 0.05) is 31.4 Å². The molecule has 1 aromatic heterocycles. The zero-order valence-corrected chi connectivity index (χ0v) is 10.2. The maximum absolute atomic E-state index is 10.3. The molecular formula is C12H20N2O2. The van der Waals surface area contributed by atoms with Crippen molar-refractivity contribution in [1.29, 1.82) is 0 Å². The zero-order chi connectivity index (χ0) is 12.1. The van der Waals surface area contributed by atoms with Crippen LogP contribution in [0.4, 0.5) is 0 Å². The van der Waals surface area contributed by atoms with E-state index in [2.05, 4.69) is 36.8 Å². The van der Waals surface area contributed by atoms with Gasteiger partial charge in [0.25, 0.3) is 0 Å². The van der Waals surface area contributed by atoms with E-state index in [1.54, 1.807) is 0 Å². The van der Waals surface area contributed by atoms with Gasteiger partial charge in [-0.2, -0.15) is 0 Å². The molecule has 0 saturated carbocycles. The fourth-order valence-electron chi connectivity index (χ4n) is 1.70. The molecule has 0 bridgehead atoms. The van der Waals surface area contributed by atoms with Gasteiger partial charge in [-0.1, -0.05) is 0 Å². The summed E-state index contributed by atoms with van der Waals surface area (Å²) in [4.78, 5) is 10.3. The van der Waals surface area contributed by atoms with Crippen molar-refractivity contribution in [2.45, 2.75) is 33.2 Å². The van der Waals surface area contributed by atoms with Crippen LogP contribution in [0.1, 0.15) is 29.8 Å². The van der Waals surface area contributed by atoms with Crippen molar-refractivity contribution in [2.24, 2.45) is 7.05 Å². The summed E-state index contributed by atoms with van der Waals surface area (Å²) in [5.41, 5.74) is 3.80. The van der Waals surface area contributed by atoms with Gasteiger partial charge >= 0.3 is 5.97 Å². The van der Waals surface area contributed by atoms with Crippen LogP contribution in [0, 0.1) is 13.8 Å². The summed E-state index contributed by atoms with van der Waals surface area (Å²) in [5.74, 6) is -0.728. The fraction of sp³-hybridized carbons (Fsp3) is 0.583. The van der Waals surface area contributed by atoms with Crippen LogP contribution in [0.25, 0.3) is 0 Å². The van der Waals surface area contributed by atoms with Crippen molar-refractivity contribution in [1.82, 2.24) is 9.88 Å². The molecular weight excluding hydrogens is 204 g/mol. The second kappa shape index (κ2) is 5.70. The lowest BCUT2D eigenvalue weighted by molar-refractivity contribution is -0.137. The predicted octanol–water partition coefficient (Wildman–Crippen LogP) is 1.60. The van der Waals surface area contributed by atoms with Gasteiger partial charge in [-0.3, -0.25) is 4.79 Å². The van der Waals surface area contributed by atoms with Crippen molar-refractivity contribution in [3.05, 3.63) is 23.0 Å². The summed E-state index contributed by atoms with van der Waals surface area (Å²) >= 11 is 0. The van der Waals surface area contributed by atoms with Crippen LogP contribution in [-0.4, -0.2) is 22.2 Å². The molecule has 0 saturated heterocycles. The Kier molecular flexibility index (Phi) is 4.55. The Hall–Kier alpha value is -1.29. The first-order chi connectivity index (χ1) is 7.52. The van der Waals surface area contributed by atoms with Gasteiger partial charge in [-0.15, -0.1) is 0 Å². The lowest BCUT2D eigenvalue weighted by atomic mass is 10.2. The van der Waals surface area contributed by atoms with Gasteiger partial charge in [0.15, 0.2) is 0 Å². The first-order valence-electron chi connectivity index (χ1n) is 5.56. The molecule has 0 unspecified atom stereocenters. The topological polar surface area (TPSA) is 54.3 Å². The summed E-state index contributed by atoms with van der Waals surface area (Å²) in [5, 5.41) is 11.7. The van der Waals surface area contributed by atoms with E-state index >= 15 is 0 Å². The molecule has 1 heterocycles. The molecule has 1 aromatic rings. The van der Waals surface area contributed by atoms with Crippen LogP contribution in [0.15, 0.2) is 6.07 Å². The molecule has 0 amide bonds. The SMILES string of the molecule is Cc1cc(CNCCCC(=O)O)c(C)n1C. The number of carbonyl (C=O) groups is 1. The van der Waals surface area contributed by atoms with Crippen molar-refractivity contribution in [3.63, 3.8) is 0 Å². The highest BCUT2D eigenvalue weighted by Gasteiger charge is 2.05. The number of aromatic nitrogens is 1. The molecule has 0 spiro atoms. The lowest BCUT2D eigenvalue weighted by Crippen LogP contribution is -2.16. The third-order valence-corrected chi connectivity index (χ3v) is 2.94. The van der Waals surface area contributed by atoms with E-state index in [4.69, 9.17) is 5.11 Å². The van der Waals surface area contributed by atoms with E-state index in [1.165, 1.54) is 17.0 Å². The Morgan fingerprint density at radius 3 is 2.69 bits per heavy atom. The number of nitrogens with zero attached hydrogens (tertiary/aromatic N) is 1. The second-order valence-electron chi connectivity index (χ2n) is 4.13. The third-order valence-electron chi connectivity index (χ3n) is 2.94. The van der Waals surface area contributed by atoms with Crippen molar-refractivity contribution in [3.8, 4) is 0 Å². The van der Waals surface area contributed by atoms with E-state index in [0.29, 0.717) is 6.42 Å². The number of hydrogen-bond donors (Lipinski definition) is 2. The van der Waals surface area contributed by atoms with Gasteiger partial charge < -0.3 is 15.0 Å². The van der Waals surface area contributed by atoms with E-state index in [1.807, 2.05) is 0 Å². The zero-order valence-electron chi connectivity index (χ0n) is 10.2. The molecule has 0 radical (unpaired) electrons. The van der Waals surface area contributed by atoms with Crippen LogP contribution < -0.4 is 5.32 Å². The average Bonchev–Trinajstić information content (AvgIpc) is 2.45. The Bertz CT molecular complexity index is 369. The minimum atomic E-state index is -0.728. The highest BCUT2D eigenvalue weighted by atomic mass is 16.4. The van der Waals surface area contributed by atoms with E-state index < -0.39 is 5.97 Å². The van der Waals surface area contributed by atoms with E-state index in [0.717, 1.165) is 13.1 Å². The van der Waals surface area contributed by atoms with Gasteiger partial charge in [-0.05, 0) is 38.4 Å². The van der Waals surface area contributed by atoms with E-state index in [9.17, 15) is 4.79 Å². The monoisotopic (exact) mass is 224 g/mol. The Balaban J connectivity index is 2.32. The molecule has 4 heteroatoms. The Morgan fingerprint density at radius 1 is 1.50 bits per heavy atom. The molecule has 2 N–H and O–H groups in total. The standard InChI is InChI=1S/C12H20N2O2/c1-9-7-11(10(2)14(9)3)8-13-6-4-5-12(15)16/h7,13H,4-6,8H2,1-3H3,(H,15,16). The quantitative estimate of drug-likeness (QED) is 0.722. The maximum atomic E-state index is 10.3. The minimum absolute atomic E-state index is 0.236. The molecule has 0 fully saturated rings. The molecule has 0 aliphatic heterocycles.